The summed E-state index contributed by atoms with van der Waals surface area (Å²) in [5.41, 5.74) is 2.27. The number of carbonyl (C=O) groups excluding carboxylic acids is 1. The number of benzene rings is 1. The van der Waals surface area contributed by atoms with Gasteiger partial charge in [0.1, 0.15) is 9.88 Å². The third kappa shape index (κ3) is 3.76. The van der Waals surface area contributed by atoms with E-state index in [9.17, 15) is 13.2 Å². The van der Waals surface area contributed by atoms with Crippen LogP contribution < -0.4 is 5.32 Å². The topological polar surface area (TPSA) is 76.1 Å². The van der Waals surface area contributed by atoms with Gasteiger partial charge in [0.05, 0.1) is 15.8 Å². The van der Waals surface area contributed by atoms with Crippen LogP contribution in [0.4, 0.5) is 5.69 Å². The van der Waals surface area contributed by atoms with Gasteiger partial charge in [-0.1, -0.05) is 12.8 Å². The van der Waals surface area contributed by atoms with Crippen molar-refractivity contribution in [3.63, 3.8) is 0 Å². The molecule has 0 spiro atoms. The van der Waals surface area contributed by atoms with Gasteiger partial charge in [-0.2, -0.15) is 11.3 Å². The molecule has 28 heavy (non-hydrogen) atoms. The number of sulfone groups is 1. The van der Waals surface area contributed by atoms with Crippen LogP contribution >= 0.6 is 22.7 Å². The number of nitrogens with zero attached hydrogens (tertiary/aromatic N) is 1. The molecular formula is C20H20N2O3S3. The number of rotatable bonds is 5. The van der Waals surface area contributed by atoms with E-state index in [1.807, 2.05) is 23.8 Å². The van der Waals surface area contributed by atoms with E-state index < -0.39 is 9.84 Å². The van der Waals surface area contributed by atoms with E-state index >= 15 is 0 Å². The van der Waals surface area contributed by atoms with Crippen LogP contribution in [0.15, 0.2) is 46.0 Å². The monoisotopic (exact) mass is 432 g/mol. The SMILES string of the molecule is Cc1nc(-c2ccsc2)sc1C(=O)Nc1ccc(S(=O)(=O)C2CCCC2)cc1. The summed E-state index contributed by atoms with van der Waals surface area (Å²) in [6.45, 7) is 1.82. The van der Waals surface area contributed by atoms with Crippen molar-refractivity contribution in [3.05, 3.63) is 51.7 Å². The highest BCUT2D eigenvalue weighted by Crippen LogP contribution is 2.31. The third-order valence-electron chi connectivity index (χ3n) is 4.95. The Morgan fingerprint density at radius 3 is 2.50 bits per heavy atom. The number of hydrogen-bond acceptors (Lipinski definition) is 6. The molecule has 0 radical (unpaired) electrons. The predicted octanol–water partition coefficient (Wildman–Crippen LogP) is 5.15. The second-order valence-corrected chi connectivity index (χ2v) is 10.9. The molecule has 2 heterocycles. The van der Waals surface area contributed by atoms with E-state index in [1.165, 1.54) is 11.3 Å². The van der Waals surface area contributed by atoms with Crippen molar-refractivity contribution >= 4 is 44.1 Å². The van der Waals surface area contributed by atoms with E-state index in [1.54, 1.807) is 35.6 Å². The Morgan fingerprint density at radius 2 is 1.86 bits per heavy atom. The number of thiophene rings is 1. The number of nitrogens with one attached hydrogen (secondary N) is 1. The molecule has 146 valence electrons. The summed E-state index contributed by atoms with van der Waals surface area (Å²) in [6, 6.07) is 8.44. The maximum Gasteiger partial charge on any atom is 0.267 e. The Morgan fingerprint density at radius 1 is 1.14 bits per heavy atom. The summed E-state index contributed by atoms with van der Waals surface area (Å²) in [5.74, 6) is -0.233. The molecule has 1 amide bonds. The van der Waals surface area contributed by atoms with Gasteiger partial charge in [0.2, 0.25) is 0 Å². The largest absolute Gasteiger partial charge is 0.321 e. The van der Waals surface area contributed by atoms with Crippen LogP contribution in [0.3, 0.4) is 0 Å². The standard InChI is InChI=1S/C20H20N2O3S3/c1-13-18(27-20(21-13)14-10-11-26-12-14)19(23)22-15-6-8-17(9-7-15)28(24,25)16-4-2-3-5-16/h6-12,16H,2-5H2,1H3,(H,22,23). The highest BCUT2D eigenvalue weighted by Gasteiger charge is 2.30. The number of amides is 1. The van der Waals surface area contributed by atoms with Gasteiger partial charge in [0, 0.05) is 16.6 Å². The van der Waals surface area contributed by atoms with Crippen molar-refractivity contribution in [3.8, 4) is 10.6 Å². The van der Waals surface area contributed by atoms with Crippen molar-refractivity contribution < 1.29 is 13.2 Å². The first-order valence-electron chi connectivity index (χ1n) is 9.10. The zero-order chi connectivity index (χ0) is 19.7. The van der Waals surface area contributed by atoms with E-state index in [0.29, 0.717) is 21.2 Å². The van der Waals surface area contributed by atoms with Gasteiger partial charge >= 0.3 is 0 Å². The molecule has 0 atom stereocenters. The second kappa shape index (κ2) is 7.77. The van der Waals surface area contributed by atoms with Crippen molar-refractivity contribution in [1.82, 2.24) is 4.98 Å². The summed E-state index contributed by atoms with van der Waals surface area (Å²) < 4.78 is 25.3. The third-order valence-corrected chi connectivity index (χ3v) is 9.12. The Bertz CT molecular complexity index is 1080. The maximum absolute atomic E-state index is 12.7. The van der Waals surface area contributed by atoms with Crippen molar-refractivity contribution in [2.75, 3.05) is 5.32 Å². The van der Waals surface area contributed by atoms with Crippen LogP contribution in [-0.2, 0) is 9.84 Å². The number of thiazole rings is 1. The first kappa shape index (κ1) is 19.3. The molecule has 1 fully saturated rings. The normalized spacial score (nSPS) is 15.0. The molecule has 1 aromatic carbocycles. The molecular weight excluding hydrogens is 412 g/mol. The number of anilines is 1. The molecule has 1 aliphatic rings. The minimum Gasteiger partial charge on any atom is -0.321 e. The molecule has 8 heteroatoms. The Hall–Kier alpha value is -2.03. The summed E-state index contributed by atoms with van der Waals surface area (Å²) >= 11 is 2.95. The molecule has 0 saturated heterocycles. The molecule has 0 unspecified atom stereocenters. The van der Waals surface area contributed by atoms with Crippen molar-refractivity contribution in [1.29, 1.82) is 0 Å². The number of aryl methyl sites for hydroxylation is 1. The Kier molecular flexibility index (Phi) is 5.35. The minimum absolute atomic E-state index is 0.233. The van der Waals surface area contributed by atoms with Crippen LogP contribution in [-0.4, -0.2) is 24.6 Å². The first-order chi connectivity index (χ1) is 13.4. The summed E-state index contributed by atoms with van der Waals surface area (Å²) in [5, 5.41) is 7.37. The average molecular weight is 433 g/mol. The van der Waals surface area contributed by atoms with Crippen LogP contribution in [0, 0.1) is 6.92 Å². The van der Waals surface area contributed by atoms with Gasteiger partial charge in [-0.3, -0.25) is 4.79 Å². The fraction of sp³-hybridized carbons (Fsp3) is 0.300. The van der Waals surface area contributed by atoms with Gasteiger partial charge in [-0.15, -0.1) is 11.3 Å². The van der Waals surface area contributed by atoms with Crippen molar-refractivity contribution in [2.24, 2.45) is 0 Å². The van der Waals surface area contributed by atoms with Crippen LogP contribution in [0.25, 0.3) is 10.6 Å². The lowest BCUT2D eigenvalue weighted by Gasteiger charge is -2.12. The number of aromatic nitrogens is 1. The predicted molar refractivity (Wildman–Crippen MR) is 114 cm³/mol. The highest BCUT2D eigenvalue weighted by atomic mass is 32.2. The minimum atomic E-state index is -3.28. The van der Waals surface area contributed by atoms with E-state index in [4.69, 9.17) is 0 Å². The maximum atomic E-state index is 12.7. The number of hydrogen-bond donors (Lipinski definition) is 1. The highest BCUT2D eigenvalue weighted by molar-refractivity contribution is 7.92. The second-order valence-electron chi connectivity index (χ2n) is 6.88. The molecule has 0 bridgehead atoms. The fourth-order valence-electron chi connectivity index (χ4n) is 3.42. The summed E-state index contributed by atoms with van der Waals surface area (Å²) in [6.07, 6.45) is 3.41. The lowest BCUT2D eigenvalue weighted by molar-refractivity contribution is 0.103. The number of carbonyl (C=O) groups is 1. The lowest BCUT2D eigenvalue weighted by atomic mass is 10.3. The molecule has 5 nitrogen and oxygen atoms in total. The average Bonchev–Trinajstić information content (AvgIpc) is 3.43. The fourth-order valence-corrected chi connectivity index (χ4v) is 6.95. The van der Waals surface area contributed by atoms with Gasteiger partial charge < -0.3 is 5.32 Å². The molecule has 1 N–H and O–H groups in total. The molecule has 0 aliphatic heterocycles. The Balaban J connectivity index is 1.50. The van der Waals surface area contributed by atoms with Crippen LogP contribution in [0.2, 0.25) is 0 Å². The quantitative estimate of drug-likeness (QED) is 0.605. The first-order valence-corrected chi connectivity index (χ1v) is 12.4. The van der Waals surface area contributed by atoms with Crippen molar-refractivity contribution in [2.45, 2.75) is 42.8 Å². The van der Waals surface area contributed by atoms with Crippen LogP contribution in [0.5, 0.6) is 0 Å². The van der Waals surface area contributed by atoms with E-state index in [2.05, 4.69) is 10.3 Å². The molecule has 2 aromatic heterocycles. The van der Waals surface area contributed by atoms with Gasteiger partial charge in [0.25, 0.3) is 5.91 Å². The van der Waals surface area contributed by atoms with Gasteiger partial charge in [-0.25, -0.2) is 13.4 Å². The zero-order valence-electron chi connectivity index (χ0n) is 15.3. The lowest BCUT2D eigenvalue weighted by Crippen LogP contribution is -2.18. The van der Waals surface area contributed by atoms with Gasteiger partial charge in [-0.05, 0) is 55.5 Å². The van der Waals surface area contributed by atoms with E-state index in [-0.39, 0.29) is 11.2 Å². The zero-order valence-corrected chi connectivity index (χ0v) is 17.8. The van der Waals surface area contributed by atoms with Gasteiger partial charge in [0.15, 0.2) is 9.84 Å². The smallest absolute Gasteiger partial charge is 0.267 e. The molecule has 3 aromatic rings. The van der Waals surface area contributed by atoms with Crippen LogP contribution in [0.1, 0.15) is 41.0 Å². The molecule has 1 saturated carbocycles. The Labute approximate surface area is 172 Å². The molecule has 4 rings (SSSR count). The molecule has 1 aliphatic carbocycles. The summed E-state index contributed by atoms with van der Waals surface area (Å²) in [7, 11) is -3.28. The summed E-state index contributed by atoms with van der Waals surface area (Å²) in [4.78, 5) is 18.0. The van der Waals surface area contributed by atoms with E-state index in [0.717, 1.165) is 36.3 Å².